The first-order valence-electron chi connectivity index (χ1n) is 4.00. The van der Waals surface area contributed by atoms with Gasteiger partial charge in [0.05, 0.1) is 11.7 Å². The van der Waals surface area contributed by atoms with Crippen LogP contribution in [0.2, 0.25) is 0 Å². The maximum atomic E-state index is 10.7. The zero-order valence-corrected chi connectivity index (χ0v) is 8.68. The van der Waals surface area contributed by atoms with Gasteiger partial charge in [0.1, 0.15) is 5.82 Å². The SMILES string of the molecule is Cc1cc(C(=O)[O-])n2nc(C)nc2n1.[Li+]. The van der Waals surface area contributed by atoms with Crippen molar-refractivity contribution in [2.24, 2.45) is 0 Å². The molecule has 2 aromatic rings. The summed E-state index contributed by atoms with van der Waals surface area (Å²) in [6, 6.07) is 1.40. The average molecular weight is 198 g/mol. The molecule has 0 amide bonds. The molecule has 0 aliphatic heterocycles. The minimum atomic E-state index is -1.29. The average Bonchev–Trinajstić information content (AvgIpc) is 2.42. The fourth-order valence-corrected chi connectivity index (χ4v) is 1.23. The first kappa shape index (κ1) is 11.7. The van der Waals surface area contributed by atoms with Gasteiger partial charge in [-0.05, 0) is 19.9 Å². The van der Waals surface area contributed by atoms with Crippen LogP contribution >= 0.6 is 0 Å². The summed E-state index contributed by atoms with van der Waals surface area (Å²) in [6.45, 7) is 3.36. The third-order valence-electron chi connectivity index (χ3n) is 1.76. The smallest absolute Gasteiger partial charge is 0.543 e. The summed E-state index contributed by atoms with van der Waals surface area (Å²) in [5.41, 5.74) is 0.539. The summed E-state index contributed by atoms with van der Waals surface area (Å²) in [4.78, 5) is 18.8. The molecular weight excluding hydrogens is 191 g/mol. The van der Waals surface area contributed by atoms with E-state index in [0.29, 0.717) is 11.5 Å². The normalized spacial score (nSPS) is 10.0. The minimum absolute atomic E-state index is 0. The maximum absolute atomic E-state index is 10.7. The predicted octanol–water partition coefficient (Wildman–Crippen LogP) is -3.89. The van der Waals surface area contributed by atoms with Crippen molar-refractivity contribution in [3.8, 4) is 0 Å². The van der Waals surface area contributed by atoms with E-state index in [1.807, 2.05) is 0 Å². The fraction of sp³-hybridized carbons (Fsp3) is 0.250. The van der Waals surface area contributed by atoms with Gasteiger partial charge in [0.2, 0.25) is 0 Å². The topological polar surface area (TPSA) is 83.2 Å². The second-order valence-corrected chi connectivity index (χ2v) is 2.94. The molecule has 15 heavy (non-hydrogen) atoms. The van der Waals surface area contributed by atoms with Gasteiger partial charge in [-0.25, -0.2) is 4.98 Å². The van der Waals surface area contributed by atoms with Crippen LogP contribution in [-0.2, 0) is 0 Å². The number of aromatic carboxylic acids is 1. The van der Waals surface area contributed by atoms with Gasteiger partial charge in [-0.2, -0.15) is 9.50 Å². The molecule has 0 aromatic carbocycles. The zero-order valence-electron chi connectivity index (χ0n) is 8.68. The van der Waals surface area contributed by atoms with Gasteiger partial charge in [-0.1, -0.05) is 0 Å². The van der Waals surface area contributed by atoms with Crippen LogP contribution in [0.3, 0.4) is 0 Å². The molecule has 0 unspecified atom stereocenters. The molecule has 0 atom stereocenters. The number of rotatable bonds is 1. The molecule has 0 spiro atoms. The largest absolute Gasteiger partial charge is 1.00 e. The van der Waals surface area contributed by atoms with Crippen LogP contribution in [0.1, 0.15) is 22.0 Å². The summed E-state index contributed by atoms with van der Waals surface area (Å²) in [5.74, 6) is -0.530. The second kappa shape index (κ2) is 4.01. The standard InChI is InChI=1S/C8H8N4O2.Li/c1-4-3-6(7(13)14)12-8(9-4)10-5(2)11-12;/h3H,1-2H3,(H,13,14);/q;+1/p-1. The van der Waals surface area contributed by atoms with E-state index in [4.69, 9.17) is 0 Å². The number of carboxylic acids is 1. The van der Waals surface area contributed by atoms with E-state index in [-0.39, 0.29) is 30.3 Å². The Balaban J connectivity index is 0.00000112. The maximum Gasteiger partial charge on any atom is 1.00 e. The number of hydrogen-bond acceptors (Lipinski definition) is 5. The van der Waals surface area contributed by atoms with Crippen LogP contribution in [0.25, 0.3) is 5.78 Å². The van der Waals surface area contributed by atoms with E-state index in [2.05, 4.69) is 15.1 Å². The summed E-state index contributed by atoms with van der Waals surface area (Å²) >= 11 is 0. The first-order valence-corrected chi connectivity index (χ1v) is 4.00. The summed E-state index contributed by atoms with van der Waals surface area (Å²) in [6.07, 6.45) is 0. The van der Waals surface area contributed by atoms with E-state index in [0.717, 1.165) is 4.52 Å². The van der Waals surface area contributed by atoms with Crippen LogP contribution in [0.4, 0.5) is 0 Å². The van der Waals surface area contributed by atoms with Crippen LogP contribution in [-0.4, -0.2) is 25.6 Å². The third kappa shape index (κ3) is 2.01. The molecule has 0 aliphatic carbocycles. The number of fused-ring (bicyclic) bond motifs is 1. The third-order valence-corrected chi connectivity index (χ3v) is 1.76. The van der Waals surface area contributed by atoms with Crippen molar-refractivity contribution in [1.29, 1.82) is 0 Å². The van der Waals surface area contributed by atoms with Gasteiger partial charge in [0.25, 0.3) is 5.78 Å². The molecule has 0 saturated carbocycles. The molecule has 2 aromatic heterocycles. The van der Waals surface area contributed by atoms with Crippen molar-refractivity contribution in [1.82, 2.24) is 19.6 Å². The Morgan fingerprint density at radius 2 is 2.07 bits per heavy atom. The van der Waals surface area contributed by atoms with Crippen LogP contribution in [0.15, 0.2) is 6.07 Å². The van der Waals surface area contributed by atoms with E-state index in [1.54, 1.807) is 13.8 Å². The molecule has 2 rings (SSSR count). The zero-order chi connectivity index (χ0) is 10.3. The number of hydrogen-bond donors (Lipinski definition) is 0. The van der Waals surface area contributed by atoms with E-state index < -0.39 is 5.97 Å². The molecule has 0 saturated heterocycles. The molecule has 0 aliphatic rings. The van der Waals surface area contributed by atoms with Crippen LogP contribution < -0.4 is 24.0 Å². The number of carbonyl (C=O) groups excluding carboxylic acids is 1. The summed E-state index contributed by atoms with van der Waals surface area (Å²) < 4.78 is 1.16. The molecule has 7 heteroatoms. The molecule has 0 N–H and O–H groups in total. The van der Waals surface area contributed by atoms with Gasteiger partial charge in [-0.15, -0.1) is 5.10 Å². The minimum Gasteiger partial charge on any atom is -0.543 e. The van der Waals surface area contributed by atoms with Crippen molar-refractivity contribution in [2.45, 2.75) is 13.8 Å². The van der Waals surface area contributed by atoms with Gasteiger partial charge >= 0.3 is 18.9 Å². The van der Waals surface area contributed by atoms with Crippen molar-refractivity contribution >= 4 is 11.7 Å². The summed E-state index contributed by atoms with van der Waals surface area (Å²) in [7, 11) is 0. The first-order chi connectivity index (χ1) is 6.58. The molecule has 2 heterocycles. The van der Waals surface area contributed by atoms with Crippen molar-refractivity contribution in [2.75, 3.05) is 0 Å². The van der Waals surface area contributed by atoms with Gasteiger partial charge < -0.3 is 9.90 Å². The van der Waals surface area contributed by atoms with E-state index in [9.17, 15) is 9.90 Å². The monoisotopic (exact) mass is 198 g/mol. The quantitative estimate of drug-likeness (QED) is 0.437. The molecular formula is C8H7LiN4O2. The molecule has 0 fully saturated rings. The Morgan fingerprint density at radius 1 is 1.40 bits per heavy atom. The summed E-state index contributed by atoms with van der Waals surface area (Å²) in [5, 5.41) is 14.6. The number of aryl methyl sites for hydroxylation is 2. The number of carbonyl (C=O) groups is 1. The van der Waals surface area contributed by atoms with E-state index in [1.165, 1.54) is 6.07 Å². The number of carboxylic acid groups (broad SMARTS) is 1. The Bertz CT molecular complexity index is 523. The fourth-order valence-electron chi connectivity index (χ4n) is 1.23. The van der Waals surface area contributed by atoms with Crippen molar-refractivity contribution in [3.63, 3.8) is 0 Å². The van der Waals surface area contributed by atoms with Gasteiger partial charge in [0, 0.05) is 5.69 Å². The molecule has 0 radical (unpaired) electrons. The molecule has 72 valence electrons. The molecule has 0 bridgehead atoms. The van der Waals surface area contributed by atoms with Crippen LogP contribution in [0, 0.1) is 13.8 Å². The Labute approximate surface area is 97.5 Å². The number of aromatic nitrogens is 4. The predicted molar refractivity (Wildman–Crippen MR) is 44.6 cm³/mol. The Hall–Kier alpha value is -1.38. The van der Waals surface area contributed by atoms with Crippen molar-refractivity contribution in [3.05, 3.63) is 23.3 Å². The Morgan fingerprint density at radius 3 is 2.67 bits per heavy atom. The second-order valence-electron chi connectivity index (χ2n) is 2.94. The van der Waals surface area contributed by atoms with E-state index >= 15 is 0 Å². The Kier molecular flexibility index (Phi) is 3.12. The van der Waals surface area contributed by atoms with Gasteiger partial charge in [0.15, 0.2) is 0 Å². The van der Waals surface area contributed by atoms with Crippen LogP contribution in [0.5, 0.6) is 0 Å². The molecule has 6 nitrogen and oxygen atoms in total. The number of nitrogens with zero attached hydrogens (tertiary/aromatic N) is 4. The van der Waals surface area contributed by atoms with Gasteiger partial charge in [-0.3, -0.25) is 0 Å². The van der Waals surface area contributed by atoms with Crippen molar-refractivity contribution < 1.29 is 28.8 Å².